The number of nitrogens with two attached hydrogens (primary N) is 1. The number of hydrogen-bond acceptors (Lipinski definition) is 4. The topological polar surface area (TPSA) is 62.9 Å². The third-order valence-electron chi connectivity index (χ3n) is 3.81. The van der Waals surface area contributed by atoms with E-state index in [4.69, 9.17) is 22.7 Å². The summed E-state index contributed by atoms with van der Waals surface area (Å²) in [4.78, 5) is 2.27. The second kappa shape index (κ2) is 10.3. The molecule has 0 radical (unpaired) electrons. The third kappa shape index (κ3) is 6.14. The van der Waals surface area contributed by atoms with E-state index in [-0.39, 0.29) is 5.11 Å². The zero-order chi connectivity index (χ0) is 18.9. The molecule has 0 aliphatic rings. The molecule has 0 saturated heterocycles. The lowest BCUT2D eigenvalue weighted by Gasteiger charge is -2.22. The van der Waals surface area contributed by atoms with Crippen molar-refractivity contribution in [2.24, 2.45) is 10.8 Å². The molecule has 138 valence electrons. The Hall–Kier alpha value is -1.87. The van der Waals surface area contributed by atoms with Gasteiger partial charge in [0.1, 0.15) is 12.4 Å². The molecule has 0 saturated carbocycles. The Labute approximate surface area is 173 Å². The molecule has 0 spiro atoms. The SMILES string of the molecule is CCN(CC)c1ccc(/C=N/NC(N)=S)c(OCc2ccc(I)cc2)c1. The lowest BCUT2D eigenvalue weighted by Crippen LogP contribution is -2.24. The summed E-state index contributed by atoms with van der Waals surface area (Å²) in [5, 5.41) is 4.17. The zero-order valence-corrected chi connectivity index (χ0v) is 17.9. The monoisotopic (exact) mass is 482 g/mol. The summed E-state index contributed by atoms with van der Waals surface area (Å²) in [6.45, 7) is 6.63. The van der Waals surface area contributed by atoms with E-state index in [1.165, 1.54) is 3.57 Å². The van der Waals surface area contributed by atoms with Crippen LogP contribution in [-0.4, -0.2) is 24.4 Å². The average Bonchev–Trinajstić information content (AvgIpc) is 2.63. The molecule has 3 N–H and O–H groups in total. The number of nitrogens with one attached hydrogen (secondary N) is 1. The van der Waals surface area contributed by atoms with E-state index >= 15 is 0 Å². The van der Waals surface area contributed by atoms with Crippen molar-refractivity contribution in [2.45, 2.75) is 20.5 Å². The van der Waals surface area contributed by atoms with Crippen LogP contribution in [0, 0.1) is 3.57 Å². The van der Waals surface area contributed by atoms with E-state index in [2.05, 4.69) is 82.2 Å². The van der Waals surface area contributed by atoms with Gasteiger partial charge in [0.2, 0.25) is 0 Å². The lowest BCUT2D eigenvalue weighted by atomic mass is 10.1. The number of ether oxygens (including phenoxy) is 1. The third-order valence-corrected chi connectivity index (χ3v) is 4.62. The van der Waals surface area contributed by atoms with Crippen molar-refractivity contribution in [3.05, 3.63) is 57.2 Å². The first-order valence-electron chi connectivity index (χ1n) is 8.38. The van der Waals surface area contributed by atoms with Gasteiger partial charge in [0.25, 0.3) is 0 Å². The van der Waals surface area contributed by atoms with E-state index in [1.807, 2.05) is 12.1 Å². The normalized spacial score (nSPS) is 10.7. The Morgan fingerprint density at radius 1 is 1.23 bits per heavy atom. The number of rotatable bonds is 8. The number of benzene rings is 2. The number of nitrogens with zero attached hydrogens (tertiary/aromatic N) is 2. The van der Waals surface area contributed by atoms with Crippen LogP contribution in [0.3, 0.4) is 0 Å². The first-order chi connectivity index (χ1) is 12.5. The van der Waals surface area contributed by atoms with E-state index < -0.39 is 0 Å². The van der Waals surface area contributed by atoms with Gasteiger partial charge in [0.05, 0.1) is 6.21 Å². The standard InChI is InChI=1S/C19H23IN4OS/c1-3-24(4-2)17-10-7-15(12-22-23-19(21)26)18(11-17)25-13-14-5-8-16(20)9-6-14/h5-12H,3-4,13H2,1-2H3,(H3,21,23,26)/b22-12+. The minimum atomic E-state index is 0.127. The molecule has 0 aliphatic heterocycles. The molecule has 26 heavy (non-hydrogen) atoms. The number of hydrogen-bond donors (Lipinski definition) is 2. The number of halogens is 1. The predicted molar refractivity (Wildman–Crippen MR) is 121 cm³/mol. The molecular weight excluding hydrogens is 459 g/mol. The van der Waals surface area contributed by atoms with Gasteiger partial charge in [0.15, 0.2) is 5.11 Å². The molecule has 0 aromatic heterocycles. The molecule has 0 bridgehead atoms. The first-order valence-corrected chi connectivity index (χ1v) is 9.87. The van der Waals surface area contributed by atoms with Gasteiger partial charge in [0, 0.05) is 34.0 Å². The number of hydrazone groups is 1. The van der Waals surface area contributed by atoms with Crippen molar-refractivity contribution in [3.63, 3.8) is 0 Å². The van der Waals surface area contributed by atoms with Crippen molar-refractivity contribution in [2.75, 3.05) is 18.0 Å². The molecule has 2 aromatic rings. The highest BCUT2D eigenvalue weighted by molar-refractivity contribution is 14.1. The zero-order valence-electron chi connectivity index (χ0n) is 14.9. The maximum Gasteiger partial charge on any atom is 0.184 e. The highest BCUT2D eigenvalue weighted by atomic mass is 127. The number of anilines is 1. The van der Waals surface area contributed by atoms with Crippen molar-refractivity contribution in [1.29, 1.82) is 0 Å². The second-order valence-electron chi connectivity index (χ2n) is 5.54. The van der Waals surface area contributed by atoms with E-state index in [0.717, 1.165) is 35.7 Å². The predicted octanol–water partition coefficient (Wildman–Crippen LogP) is 3.88. The highest BCUT2D eigenvalue weighted by Gasteiger charge is 2.08. The fourth-order valence-electron chi connectivity index (χ4n) is 2.45. The van der Waals surface area contributed by atoms with Gasteiger partial charge >= 0.3 is 0 Å². The fourth-order valence-corrected chi connectivity index (χ4v) is 2.86. The average molecular weight is 482 g/mol. The van der Waals surface area contributed by atoms with Crippen molar-refractivity contribution in [1.82, 2.24) is 5.43 Å². The van der Waals surface area contributed by atoms with Crippen LogP contribution in [-0.2, 0) is 6.61 Å². The molecular formula is C19H23IN4OS. The first kappa shape index (κ1) is 20.4. The van der Waals surface area contributed by atoms with Crippen LogP contribution in [0.1, 0.15) is 25.0 Å². The summed E-state index contributed by atoms with van der Waals surface area (Å²) >= 11 is 7.06. The van der Waals surface area contributed by atoms with Crippen LogP contribution in [0.2, 0.25) is 0 Å². The van der Waals surface area contributed by atoms with Crippen LogP contribution in [0.4, 0.5) is 5.69 Å². The fraction of sp³-hybridized carbons (Fsp3) is 0.263. The molecule has 0 atom stereocenters. The van der Waals surface area contributed by atoms with Crippen LogP contribution in [0.15, 0.2) is 47.6 Å². The Morgan fingerprint density at radius 2 is 1.92 bits per heavy atom. The van der Waals surface area contributed by atoms with Gasteiger partial charge in [-0.05, 0) is 78.5 Å². The maximum atomic E-state index is 6.09. The van der Waals surface area contributed by atoms with Gasteiger partial charge in [-0.25, -0.2) is 0 Å². The maximum absolute atomic E-state index is 6.09. The highest BCUT2D eigenvalue weighted by Crippen LogP contribution is 2.26. The Balaban J connectivity index is 2.24. The Bertz CT molecular complexity index is 761. The van der Waals surface area contributed by atoms with Crippen molar-refractivity contribution < 1.29 is 4.74 Å². The summed E-state index contributed by atoms with van der Waals surface area (Å²) in [5.74, 6) is 0.765. The summed E-state index contributed by atoms with van der Waals surface area (Å²) in [5.41, 5.74) is 11.1. The summed E-state index contributed by atoms with van der Waals surface area (Å²) in [6, 6.07) is 14.4. The molecule has 0 fully saturated rings. The van der Waals surface area contributed by atoms with Crippen LogP contribution in [0.25, 0.3) is 0 Å². The minimum Gasteiger partial charge on any atom is -0.488 e. The molecule has 5 nitrogen and oxygen atoms in total. The van der Waals surface area contributed by atoms with Gasteiger partial charge in [-0.2, -0.15) is 5.10 Å². The largest absolute Gasteiger partial charge is 0.488 e. The second-order valence-corrected chi connectivity index (χ2v) is 7.23. The smallest absolute Gasteiger partial charge is 0.184 e. The van der Waals surface area contributed by atoms with Crippen LogP contribution < -0.4 is 20.8 Å². The summed E-state index contributed by atoms with van der Waals surface area (Å²) in [6.07, 6.45) is 1.66. The molecule has 0 unspecified atom stereocenters. The van der Waals surface area contributed by atoms with E-state index in [9.17, 15) is 0 Å². The molecule has 7 heteroatoms. The Morgan fingerprint density at radius 3 is 2.54 bits per heavy atom. The van der Waals surface area contributed by atoms with Crippen LogP contribution >= 0.6 is 34.8 Å². The quantitative estimate of drug-likeness (QED) is 0.259. The molecule has 0 heterocycles. The minimum absolute atomic E-state index is 0.127. The number of thiocarbonyl (C=S) groups is 1. The van der Waals surface area contributed by atoms with Gasteiger partial charge in [-0.1, -0.05) is 12.1 Å². The van der Waals surface area contributed by atoms with Crippen LogP contribution in [0.5, 0.6) is 5.75 Å². The molecule has 2 aromatic carbocycles. The van der Waals surface area contributed by atoms with Crippen molar-refractivity contribution >= 4 is 51.8 Å². The van der Waals surface area contributed by atoms with E-state index in [0.29, 0.717) is 6.61 Å². The summed E-state index contributed by atoms with van der Waals surface area (Å²) in [7, 11) is 0. The van der Waals surface area contributed by atoms with Gasteiger partial charge in [-0.3, -0.25) is 5.43 Å². The molecule has 0 aliphatic carbocycles. The molecule has 2 rings (SSSR count). The lowest BCUT2D eigenvalue weighted by molar-refractivity contribution is 0.306. The van der Waals surface area contributed by atoms with Crippen molar-refractivity contribution in [3.8, 4) is 5.75 Å². The van der Waals surface area contributed by atoms with Gasteiger partial charge < -0.3 is 15.4 Å². The van der Waals surface area contributed by atoms with E-state index in [1.54, 1.807) is 6.21 Å². The Kier molecular flexibility index (Phi) is 8.11. The van der Waals surface area contributed by atoms with Gasteiger partial charge in [-0.15, -0.1) is 0 Å². The summed E-state index contributed by atoms with van der Waals surface area (Å²) < 4.78 is 7.29. The molecule has 0 amide bonds.